The Morgan fingerprint density at radius 1 is 1.13 bits per heavy atom. The third kappa shape index (κ3) is 4.67. The van der Waals surface area contributed by atoms with Crippen LogP contribution in [-0.4, -0.2) is 26.8 Å². The fourth-order valence-corrected chi connectivity index (χ4v) is 3.40. The summed E-state index contributed by atoms with van der Waals surface area (Å²) in [5, 5.41) is 21.5. The van der Waals surface area contributed by atoms with Gasteiger partial charge in [-0.05, 0) is 28.5 Å². The molecule has 0 saturated heterocycles. The van der Waals surface area contributed by atoms with Crippen LogP contribution in [0.5, 0.6) is 0 Å². The fraction of sp³-hybridized carbons (Fsp3) is 0.0455. The molecule has 0 atom stereocenters. The first-order valence-electron chi connectivity index (χ1n) is 9.29. The van der Waals surface area contributed by atoms with Crippen LogP contribution in [0.3, 0.4) is 0 Å². The van der Waals surface area contributed by atoms with E-state index in [1.54, 1.807) is 0 Å². The number of fused-ring (bicyclic) bond motifs is 1. The van der Waals surface area contributed by atoms with Gasteiger partial charge < -0.3 is 0 Å². The topological polar surface area (TPSA) is 102 Å². The molecule has 1 aromatic heterocycles. The molecule has 0 aliphatic rings. The molecule has 0 fully saturated rings. The van der Waals surface area contributed by atoms with Gasteiger partial charge in [-0.2, -0.15) is 10.2 Å². The van der Waals surface area contributed by atoms with Crippen molar-refractivity contribution in [3.05, 3.63) is 104 Å². The Kier molecular flexibility index (Phi) is 5.85. The van der Waals surface area contributed by atoms with E-state index in [2.05, 4.69) is 31.6 Å². The van der Waals surface area contributed by atoms with Gasteiger partial charge in [-0.15, -0.1) is 0 Å². The number of aromatic nitrogens is 2. The maximum Gasteiger partial charge on any atom is 0.320 e. The van der Waals surface area contributed by atoms with Gasteiger partial charge in [0.25, 0.3) is 5.91 Å². The van der Waals surface area contributed by atoms with E-state index in [9.17, 15) is 14.9 Å². The van der Waals surface area contributed by atoms with Crippen molar-refractivity contribution in [2.75, 3.05) is 0 Å². The van der Waals surface area contributed by atoms with Gasteiger partial charge >= 0.3 is 5.69 Å². The minimum absolute atomic E-state index is 0.292. The SMILES string of the molecule is O=C(N/N=C\c1cccc2ccccc12)c1nn(Cc2ccc(Br)cc2)cc1[N+](=O)[O-]. The predicted octanol–water partition coefficient (Wildman–Crippen LogP) is 4.52. The molecule has 0 aliphatic carbocycles. The lowest BCUT2D eigenvalue weighted by Gasteiger charge is -2.02. The van der Waals surface area contributed by atoms with Crippen LogP contribution in [-0.2, 0) is 6.54 Å². The van der Waals surface area contributed by atoms with Crippen molar-refractivity contribution in [3.8, 4) is 0 Å². The molecule has 1 N–H and O–H groups in total. The molecule has 3 aromatic carbocycles. The lowest BCUT2D eigenvalue weighted by atomic mass is 10.1. The van der Waals surface area contributed by atoms with Crippen LogP contribution < -0.4 is 5.43 Å². The van der Waals surface area contributed by atoms with Gasteiger partial charge in [-0.3, -0.25) is 19.6 Å². The van der Waals surface area contributed by atoms with Gasteiger partial charge in [0.15, 0.2) is 0 Å². The molecular formula is C22H16BrN5O3. The van der Waals surface area contributed by atoms with Gasteiger partial charge in [0.1, 0.15) is 6.20 Å². The number of hydrazone groups is 1. The minimum Gasteiger partial charge on any atom is -0.265 e. The Hall–Kier alpha value is -3.85. The van der Waals surface area contributed by atoms with Crippen LogP contribution >= 0.6 is 15.9 Å². The lowest BCUT2D eigenvalue weighted by molar-refractivity contribution is -0.385. The maximum absolute atomic E-state index is 12.5. The lowest BCUT2D eigenvalue weighted by Crippen LogP contribution is -2.19. The normalized spacial score (nSPS) is 11.1. The van der Waals surface area contributed by atoms with Crippen LogP contribution in [0, 0.1) is 10.1 Å². The zero-order valence-electron chi connectivity index (χ0n) is 16.1. The monoisotopic (exact) mass is 477 g/mol. The quantitative estimate of drug-likeness (QED) is 0.250. The summed E-state index contributed by atoms with van der Waals surface area (Å²) in [5.41, 5.74) is 3.37. The van der Waals surface area contributed by atoms with Crippen molar-refractivity contribution >= 4 is 44.5 Å². The molecule has 31 heavy (non-hydrogen) atoms. The number of nitrogens with one attached hydrogen (secondary N) is 1. The van der Waals surface area contributed by atoms with E-state index in [4.69, 9.17) is 0 Å². The first-order valence-corrected chi connectivity index (χ1v) is 10.1. The average Bonchev–Trinajstić information content (AvgIpc) is 3.20. The number of hydrogen-bond acceptors (Lipinski definition) is 5. The van der Waals surface area contributed by atoms with Gasteiger partial charge in [0.2, 0.25) is 5.69 Å². The number of amides is 1. The third-order valence-corrected chi connectivity index (χ3v) is 5.13. The molecule has 4 aromatic rings. The Labute approximate surface area is 185 Å². The molecule has 0 unspecified atom stereocenters. The molecule has 0 bridgehead atoms. The summed E-state index contributed by atoms with van der Waals surface area (Å²) in [6, 6.07) is 21.0. The maximum atomic E-state index is 12.5. The number of rotatable bonds is 6. The van der Waals surface area contributed by atoms with Crippen molar-refractivity contribution in [1.82, 2.24) is 15.2 Å². The number of hydrogen-bond donors (Lipinski definition) is 1. The Morgan fingerprint density at radius 3 is 2.65 bits per heavy atom. The summed E-state index contributed by atoms with van der Waals surface area (Å²) in [4.78, 5) is 23.3. The van der Waals surface area contributed by atoms with E-state index in [0.29, 0.717) is 6.54 Å². The summed E-state index contributed by atoms with van der Waals surface area (Å²) in [5.74, 6) is -0.752. The van der Waals surface area contributed by atoms with Crippen LogP contribution in [0.1, 0.15) is 21.6 Å². The van der Waals surface area contributed by atoms with Crippen molar-refractivity contribution in [2.24, 2.45) is 5.10 Å². The van der Waals surface area contributed by atoms with E-state index >= 15 is 0 Å². The highest BCUT2D eigenvalue weighted by atomic mass is 79.9. The molecule has 1 heterocycles. The number of carbonyl (C=O) groups excluding carboxylic acids is 1. The molecule has 0 spiro atoms. The molecule has 0 aliphatic heterocycles. The second-order valence-electron chi connectivity index (χ2n) is 6.71. The molecule has 154 valence electrons. The third-order valence-electron chi connectivity index (χ3n) is 4.61. The van der Waals surface area contributed by atoms with Crippen molar-refractivity contribution in [1.29, 1.82) is 0 Å². The highest BCUT2D eigenvalue weighted by Crippen LogP contribution is 2.19. The number of nitro groups is 1. The number of carbonyl (C=O) groups is 1. The van der Waals surface area contributed by atoms with Crippen molar-refractivity contribution < 1.29 is 9.72 Å². The highest BCUT2D eigenvalue weighted by Gasteiger charge is 2.25. The molecule has 0 saturated carbocycles. The first-order chi connectivity index (χ1) is 15.0. The van der Waals surface area contributed by atoms with E-state index in [0.717, 1.165) is 26.4 Å². The summed E-state index contributed by atoms with van der Waals surface area (Å²) in [6.45, 7) is 0.292. The summed E-state index contributed by atoms with van der Waals surface area (Å²) in [7, 11) is 0. The van der Waals surface area contributed by atoms with Gasteiger partial charge in [0.05, 0.1) is 17.7 Å². The van der Waals surface area contributed by atoms with Crippen LogP contribution in [0.25, 0.3) is 10.8 Å². The van der Waals surface area contributed by atoms with Gasteiger partial charge in [-0.1, -0.05) is 70.5 Å². The Morgan fingerprint density at radius 2 is 1.87 bits per heavy atom. The Bertz CT molecular complexity index is 1290. The van der Waals surface area contributed by atoms with Crippen molar-refractivity contribution in [2.45, 2.75) is 6.54 Å². The highest BCUT2D eigenvalue weighted by molar-refractivity contribution is 9.10. The zero-order valence-corrected chi connectivity index (χ0v) is 17.7. The summed E-state index contributed by atoms with van der Waals surface area (Å²) in [6.07, 6.45) is 2.75. The van der Waals surface area contributed by atoms with E-state index < -0.39 is 10.8 Å². The van der Waals surface area contributed by atoms with E-state index in [-0.39, 0.29) is 11.4 Å². The Balaban J connectivity index is 1.53. The number of nitrogens with zero attached hydrogens (tertiary/aromatic N) is 4. The molecule has 8 nitrogen and oxygen atoms in total. The zero-order chi connectivity index (χ0) is 21.8. The smallest absolute Gasteiger partial charge is 0.265 e. The van der Waals surface area contributed by atoms with Crippen LogP contribution in [0.4, 0.5) is 5.69 Å². The first kappa shape index (κ1) is 20.4. The fourth-order valence-electron chi connectivity index (χ4n) is 3.14. The summed E-state index contributed by atoms with van der Waals surface area (Å²) < 4.78 is 2.29. The molecule has 4 rings (SSSR count). The number of halogens is 1. The molecule has 1 amide bonds. The predicted molar refractivity (Wildman–Crippen MR) is 121 cm³/mol. The minimum atomic E-state index is -0.752. The second kappa shape index (κ2) is 8.88. The standard InChI is InChI=1S/C22H16BrN5O3/c23-18-10-8-15(9-11-18)13-27-14-20(28(30)31)21(26-27)22(29)25-24-12-17-6-3-5-16-4-1-2-7-19(16)17/h1-12,14H,13H2,(H,25,29)/b24-12-. The summed E-state index contributed by atoms with van der Waals surface area (Å²) >= 11 is 3.36. The van der Waals surface area contributed by atoms with Gasteiger partial charge in [0, 0.05) is 10.0 Å². The molecule has 9 heteroatoms. The van der Waals surface area contributed by atoms with Crippen LogP contribution in [0.2, 0.25) is 0 Å². The van der Waals surface area contributed by atoms with Gasteiger partial charge in [-0.25, -0.2) is 5.43 Å². The van der Waals surface area contributed by atoms with E-state index in [1.165, 1.54) is 17.1 Å². The number of benzene rings is 3. The molecule has 0 radical (unpaired) electrons. The van der Waals surface area contributed by atoms with Crippen LogP contribution in [0.15, 0.2) is 82.5 Å². The largest absolute Gasteiger partial charge is 0.320 e. The average molecular weight is 478 g/mol. The van der Waals surface area contributed by atoms with Crippen molar-refractivity contribution in [3.63, 3.8) is 0 Å². The second-order valence-corrected chi connectivity index (χ2v) is 7.63. The van der Waals surface area contributed by atoms with E-state index in [1.807, 2.05) is 66.7 Å². The molecular weight excluding hydrogens is 462 g/mol.